The summed E-state index contributed by atoms with van der Waals surface area (Å²) in [5.74, 6) is 0.339. The number of halogens is 1. The van der Waals surface area contributed by atoms with Crippen molar-refractivity contribution in [3.63, 3.8) is 0 Å². The maximum absolute atomic E-state index is 12.6. The van der Waals surface area contributed by atoms with Gasteiger partial charge < -0.3 is 15.4 Å². The van der Waals surface area contributed by atoms with E-state index in [4.69, 9.17) is 17.0 Å². The molecule has 0 aliphatic heterocycles. The molecule has 3 rings (SSSR count). The second-order valence-corrected chi connectivity index (χ2v) is 10.1. The van der Waals surface area contributed by atoms with E-state index in [2.05, 4.69) is 38.8 Å². The van der Waals surface area contributed by atoms with E-state index in [0.29, 0.717) is 29.2 Å². The molecule has 0 radical (unpaired) electrons. The van der Waals surface area contributed by atoms with Crippen molar-refractivity contribution in [1.29, 1.82) is 0 Å². The third kappa shape index (κ3) is 8.93. The van der Waals surface area contributed by atoms with Crippen LogP contribution in [0.2, 0.25) is 0 Å². The molecule has 0 bridgehead atoms. The molecule has 1 saturated carbocycles. The van der Waals surface area contributed by atoms with Gasteiger partial charge in [0.15, 0.2) is 5.11 Å². The van der Waals surface area contributed by atoms with Gasteiger partial charge in [-0.25, -0.2) is 0 Å². The Morgan fingerprint density at radius 1 is 0.971 bits per heavy atom. The predicted molar refractivity (Wildman–Crippen MR) is 148 cm³/mol. The van der Waals surface area contributed by atoms with Crippen molar-refractivity contribution < 1.29 is 14.3 Å². The molecular weight excluding hydrogens is 526 g/mol. The lowest BCUT2D eigenvalue weighted by atomic mass is 9.95. The number of hydrogen-bond acceptors (Lipinski definition) is 4. The van der Waals surface area contributed by atoms with E-state index in [9.17, 15) is 9.59 Å². The Balaban J connectivity index is 1.46. The molecule has 2 aromatic carbocycles. The maximum Gasteiger partial charge on any atom is 0.257 e. The maximum atomic E-state index is 12.6. The topological polar surface area (TPSA) is 79.5 Å². The van der Waals surface area contributed by atoms with Gasteiger partial charge in [-0.05, 0) is 89.9 Å². The number of ether oxygens (including phenoxy) is 1. The summed E-state index contributed by atoms with van der Waals surface area (Å²) in [6, 6.07) is 12.5. The fourth-order valence-electron chi connectivity index (χ4n) is 4.03. The summed E-state index contributed by atoms with van der Waals surface area (Å²) < 4.78 is 6.53. The second kappa shape index (κ2) is 14.2. The number of thiocarbonyl (C=S) groups is 1. The van der Waals surface area contributed by atoms with E-state index in [1.165, 1.54) is 32.1 Å². The molecule has 0 atom stereocenters. The molecule has 6 nitrogen and oxygen atoms in total. The van der Waals surface area contributed by atoms with Gasteiger partial charge in [-0.15, -0.1) is 0 Å². The summed E-state index contributed by atoms with van der Waals surface area (Å²) in [7, 11) is 0. The Hall–Kier alpha value is -2.45. The van der Waals surface area contributed by atoms with Crippen molar-refractivity contribution in [2.24, 2.45) is 0 Å². The molecule has 1 aliphatic carbocycles. The molecule has 8 heteroatoms. The predicted octanol–water partition coefficient (Wildman–Crippen LogP) is 6.60. The molecule has 2 amide bonds. The van der Waals surface area contributed by atoms with Crippen molar-refractivity contribution in [3.05, 3.63) is 58.1 Å². The molecule has 0 aromatic heterocycles. The lowest BCUT2D eigenvalue weighted by Crippen LogP contribution is -2.36. The van der Waals surface area contributed by atoms with Crippen LogP contribution in [-0.4, -0.2) is 29.6 Å². The first-order valence-electron chi connectivity index (χ1n) is 12.4. The van der Waals surface area contributed by atoms with Gasteiger partial charge in [0, 0.05) is 22.9 Å². The number of anilines is 1. The van der Waals surface area contributed by atoms with Gasteiger partial charge in [0.25, 0.3) is 11.8 Å². The van der Waals surface area contributed by atoms with Crippen LogP contribution in [0, 0.1) is 0 Å². The average Bonchev–Trinajstić information content (AvgIpc) is 2.85. The Labute approximate surface area is 221 Å². The largest absolute Gasteiger partial charge is 0.492 e. The van der Waals surface area contributed by atoms with Crippen molar-refractivity contribution in [3.8, 4) is 5.75 Å². The van der Waals surface area contributed by atoms with Crippen LogP contribution in [0.1, 0.15) is 85.4 Å². The van der Waals surface area contributed by atoms with E-state index < -0.39 is 0 Å². The van der Waals surface area contributed by atoms with Crippen molar-refractivity contribution in [2.45, 2.75) is 70.8 Å². The highest BCUT2D eigenvalue weighted by Gasteiger charge is 2.17. The third-order valence-corrected chi connectivity index (χ3v) is 6.85. The lowest BCUT2D eigenvalue weighted by molar-refractivity contribution is 0.0926. The number of carbonyl (C=O) groups is 2. The molecule has 188 valence electrons. The van der Waals surface area contributed by atoms with Crippen molar-refractivity contribution in [1.82, 2.24) is 10.6 Å². The molecule has 3 N–H and O–H groups in total. The van der Waals surface area contributed by atoms with Gasteiger partial charge in [-0.1, -0.05) is 45.4 Å². The van der Waals surface area contributed by atoms with Gasteiger partial charge in [-0.3, -0.25) is 14.9 Å². The minimum atomic E-state index is -0.318. The van der Waals surface area contributed by atoms with Gasteiger partial charge in [-0.2, -0.15) is 0 Å². The molecule has 0 unspecified atom stereocenters. The summed E-state index contributed by atoms with van der Waals surface area (Å²) in [6.45, 7) is 2.83. The molecule has 2 aromatic rings. The highest BCUT2D eigenvalue weighted by atomic mass is 79.9. The fraction of sp³-hybridized carbons (Fsp3) is 0.444. The fourth-order valence-corrected chi connectivity index (χ4v) is 4.73. The Morgan fingerprint density at radius 2 is 1.69 bits per heavy atom. The van der Waals surface area contributed by atoms with Crippen LogP contribution >= 0.6 is 28.1 Å². The number of rotatable bonds is 10. The van der Waals surface area contributed by atoms with Crippen LogP contribution in [0.5, 0.6) is 5.75 Å². The number of amides is 2. The third-order valence-electron chi connectivity index (χ3n) is 6.02. The molecule has 1 aliphatic rings. The first kappa shape index (κ1) is 27.1. The average molecular weight is 561 g/mol. The Kier molecular flexibility index (Phi) is 11.0. The summed E-state index contributed by atoms with van der Waals surface area (Å²) in [5, 5.41) is 8.98. The Bertz CT molecular complexity index is 1010. The summed E-state index contributed by atoms with van der Waals surface area (Å²) in [6.07, 6.45) is 10.2. The lowest BCUT2D eigenvalue weighted by Gasteiger charge is -2.22. The van der Waals surface area contributed by atoms with Gasteiger partial charge >= 0.3 is 0 Å². The minimum Gasteiger partial charge on any atom is -0.492 e. The van der Waals surface area contributed by atoms with Crippen molar-refractivity contribution in [2.75, 3.05) is 11.9 Å². The zero-order valence-corrected chi connectivity index (χ0v) is 22.6. The van der Waals surface area contributed by atoms with Crippen LogP contribution in [0.25, 0.3) is 0 Å². The monoisotopic (exact) mass is 559 g/mol. The zero-order valence-electron chi connectivity index (χ0n) is 20.2. The second-order valence-electron chi connectivity index (χ2n) is 8.85. The number of carbonyl (C=O) groups excluding carboxylic acids is 2. The summed E-state index contributed by atoms with van der Waals surface area (Å²) >= 11 is 8.78. The van der Waals surface area contributed by atoms with Gasteiger partial charge in [0.1, 0.15) is 5.75 Å². The van der Waals surface area contributed by atoms with Crippen molar-refractivity contribution >= 4 is 50.8 Å². The quantitative estimate of drug-likeness (QED) is 0.226. The highest BCUT2D eigenvalue weighted by molar-refractivity contribution is 9.10. The molecule has 0 saturated heterocycles. The van der Waals surface area contributed by atoms with Crippen LogP contribution in [0.4, 0.5) is 5.69 Å². The smallest absolute Gasteiger partial charge is 0.257 e. The van der Waals surface area contributed by atoms with Gasteiger partial charge in [0.2, 0.25) is 0 Å². The molecule has 0 spiro atoms. The standard InChI is InChI=1S/C27H34BrN3O3S/c1-2-3-4-8-17-34-24-16-13-20(18-23(24)28)26(33)31-27(35)30-22-14-11-19(12-15-22)25(32)29-21-9-6-5-7-10-21/h11-16,18,21H,2-10,17H2,1H3,(H,29,32)(H2,30,31,33,35). The van der Waals surface area contributed by atoms with E-state index in [-0.39, 0.29) is 23.0 Å². The number of nitrogens with one attached hydrogen (secondary N) is 3. The number of unbranched alkanes of at least 4 members (excludes halogenated alkanes) is 3. The van der Waals surface area contributed by atoms with Crippen LogP contribution < -0.4 is 20.7 Å². The van der Waals surface area contributed by atoms with Crippen LogP contribution in [0.3, 0.4) is 0 Å². The molecule has 0 heterocycles. The Morgan fingerprint density at radius 3 is 2.37 bits per heavy atom. The molecule has 35 heavy (non-hydrogen) atoms. The summed E-state index contributed by atoms with van der Waals surface area (Å²) in [4.78, 5) is 25.1. The van der Waals surface area contributed by atoms with E-state index in [1.807, 2.05) is 0 Å². The first-order chi connectivity index (χ1) is 17.0. The first-order valence-corrected chi connectivity index (χ1v) is 13.6. The normalized spacial score (nSPS) is 13.7. The molecular formula is C27H34BrN3O3S. The zero-order chi connectivity index (χ0) is 25.0. The highest BCUT2D eigenvalue weighted by Crippen LogP contribution is 2.26. The van der Waals surface area contributed by atoms with Crippen LogP contribution in [0.15, 0.2) is 46.9 Å². The summed E-state index contributed by atoms with van der Waals surface area (Å²) in [5.41, 5.74) is 1.76. The van der Waals surface area contributed by atoms with Crippen LogP contribution in [-0.2, 0) is 0 Å². The molecule has 1 fully saturated rings. The number of hydrogen-bond donors (Lipinski definition) is 3. The number of benzene rings is 2. The van der Waals surface area contributed by atoms with E-state index in [1.54, 1.807) is 42.5 Å². The van der Waals surface area contributed by atoms with Gasteiger partial charge in [0.05, 0.1) is 11.1 Å². The van der Waals surface area contributed by atoms with E-state index >= 15 is 0 Å². The SMILES string of the molecule is CCCCCCOc1ccc(C(=O)NC(=S)Nc2ccc(C(=O)NC3CCCCC3)cc2)cc1Br. The van der Waals surface area contributed by atoms with E-state index in [0.717, 1.165) is 30.2 Å². The minimum absolute atomic E-state index is 0.0571.